The third-order valence-electron chi connectivity index (χ3n) is 5.41. The minimum atomic E-state index is 0.210. The van der Waals surface area contributed by atoms with Gasteiger partial charge >= 0.3 is 0 Å². The van der Waals surface area contributed by atoms with Crippen molar-refractivity contribution < 1.29 is 4.57 Å². The number of fused-ring (bicyclic) bond motifs is 8. The maximum Gasteiger partial charge on any atom is 0.251 e. The van der Waals surface area contributed by atoms with Gasteiger partial charge in [-0.1, -0.05) is 36.4 Å². The normalized spacial score (nSPS) is 15.8. The van der Waals surface area contributed by atoms with Crippen LogP contribution in [0.4, 0.5) is 0 Å². The summed E-state index contributed by atoms with van der Waals surface area (Å²) in [5.74, 6) is 1.06. The summed E-state index contributed by atoms with van der Waals surface area (Å²) < 4.78 is 4.76. The summed E-state index contributed by atoms with van der Waals surface area (Å²) in [6.45, 7) is 2.25. The summed E-state index contributed by atoms with van der Waals surface area (Å²) in [5.41, 5.74) is 4.72. The van der Waals surface area contributed by atoms with Gasteiger partial charge in [-0.3, -0.25) is 4.57 Å². The fraction of sp³-hybridized carbons (Fsp3) is 0.0909. The van der Waals surface area contributed by atoms with Crippen LogP contribution in [0.25, 0.3) is 44.2 Å². The minimum absolute atomic E-state index is 0.210. The van der Waals surface area contributed by atoms with Crippen LogP contribution in [0.15, 0.2) is 72.8 Å². The standard InChI is InChI=1S/C22H16N3/c1-14-24-19-9-5-4-6-15(19)10-11-20(24)22-23-18-12-16-7-2-3-8-17(16)13-21(18)25(14)22/h2-14H,1H3/q+1. The minimum Gasteiger partial charge on any atom is -0.259 e. The van der Waals surface area contributed by atoms with Gasteiger partial charge in [-0.2, -0.15) is 4.57 Å². The van der Waals surface area contributed by atoms with Crippen LogP contribution < -0.4 is 4.57 Å². The third-order valence-corrected chi connectivity index (χ3v) is 5.41. The first-order valence-corrected chi connectivity index (χ1v) is 8.66. The Bertz CT molecular complexity index is 1310. The van der Waals surface area contributed by atoms with Crippen LogP contribution >= 0.6 is 0 Å². The van der Waals surface area contributed by atoms with E-state index in [0.29, 0.717) is 0 Å². The zero-order chi connectivity index (χ0) is 16.5. The Labute approximate surface area is 144 Å². The van der Waals surface area contributed by atoms with E-state index >= 15 is 0 Å². The van der Waals surface area contributed by atoms with Gasteiger partial charge in [0.1, 0.15) is 0 Å². The number of para-hydroxylation sites is 1. The molecule has 0 saturated carbocycles. The van der Waals surface area contributed by atoms with Gasteiger partial charge < -0.3 is 0 Å². The quantitative estimate of drug-likeness (QED) is 0.379. The van der Waals surface area contributed by atoms with Crippen molar-refractivity contribution in [1.82, 2.24) is 9.55 Å². The molecule has 5 aromatic rings. The Morgan fingerprint density at radius 1 is 0.840 bits per heavy atom. The zero-order valence-electron chi connectivity index (χ0n) is 13.8. The average Bonchev–Trinajstić information content (AvgIpc) is 3.15. The molecule has 3 heterocycles. The zero-order valence-corrected chi connectivity index (χ0v) is 13.8. The van der Waals surface area contributed by atoms with Crippen LogP contribution in [0, 0.1) is 0 Å². The first-order valence-electron chi connectivity index (χ1n) is 8.66. The summed E-state index contributed by atoms with van der Waals surface area (Å²) in [5, 5.41) is 3.76. The summed E-state index contributed by atoms with van der Waals surface area (Å²) in [4.78, 5) is 4.98. The molecule has 1 unspecified atom stereocenters. The molecule has 0 fully saturated rings. The second kappa shape index (κ2) is 4.45. The van der Waals surface area contributed by atoms with Crippen LogP contribution in [-0.2, 0) is 0 Å². The molecule has 6 rings (SSSR count). The van der Waals surface area contributed by atoms with Crippen molar-refractivity contribution >= 4 is 32.7 Å². The smallest absolute Gasteiger partial charge is 0.251 e. The number of imidazole rings is 1. The SMILES string of the molecule is CC1n2c(nc3cc4ccccc4cc32)-c2ccc3ccccc3[n+]21. The number of hydrogen-bond acceptors (Lipinski definition) is 1. The largest absolute Gasteiger partial charge is 0.259 e. The topological polar surface area (TPSA) is 21.7 Å². The molecule has 3 heteroatoms. The van der Waals surface area contributed by atoms with E-state index in [-0.39, 0.29) is 6.17 Å². The molecule has 1 aliphatic rings. The molecule has 0 saturated heterocycles. The van der Waals surface area contributed by atoms with Gasteiger partial charge in [-0.15, -0.1) is 0 Å². The Morgan fingerprint density at radius 2 is 1.56 bits per heavy atom. The molecule has 0 bridgehead atoms. The van der Waals surface area contributed by atoms with Crippen molar-refractivity contribution in [2.24, 2.45) is 0 Å². The van der Waals surface area contributed by atoms with E-state index in [1.807, 2.05) is 0 Å². The molecular weight excluding hydrogens is 306 g/mol. The van der Waals surface area contributed by atoms with E-state index in [4.69, 9.17) is 4.98 Å². The van der Waals surface area contributed by atoms with E-state index < -0.39 is 0 Å². The lowest BCUT2D eigenvalue weighted by Gasteiger charge is -2.07. The molecule has 0 N–H and O–H groups in total. The van der Waals surface area contributed by atoms with Gasteiger partial charge in [-0.05, 0) is 35.0 Å². The van der Waals surface area contributed by atoms with Gasteiger partial charge in [0.15, 0.2) is 0 Å². The van der Waals surface area contributed by atoms with E-state index in [1.165, 1.54) is 32.9 Å². The molecular formula is C22H16N3+. The van der Waals surface area contributed by atoms with Crippen molar-refractivity contribution in [2.75, 3.05) is 0 Å². The van der Waals surface area contributed by atoms with E-state index in [0.717, 1.165) is 11.3 Å². The van der Waals surface area contributed by atoms with Crippen molar-refractivity contribution in [3.63, 3.8) is 0 Å². The van der Waals surface area contributed by atoms with Crippen molar-refractivity contribution in [2.45, 2.75) is 13.1 Å². The molecule has 0 aliphatic carbocycles. The van der Waals surface area contributed by atoms with Crippen molar-refractivity contribution in [1.29, 1.82) is 0 Å². The number of hydrogen-bond donors (Lipinski definition) is 0. The van der Waals surface area contributed by atoms with Gasteiger partial charge in [0.25, 0.3) is 5.69 Å². The summed E-state index contributed by atoms with van der Waals surface area (Å²) in [7, 11) is 0. The van der Waals surface area contributed by atoms with Gasteiger partial charge in [-0.25, -0.2) is 4.98 Å². The third kappa shape index (κ3) is 1.60. The van der Waals surface area contributed by atoms with Crippen LogP contribution in [0.1, 0.15) is 13.1 Å². The monoisotopic (exact) mass is 322 g/mol. The lowest BCUT2D eigenvalue weighted by molar-refractivity contribution is -0.681. The Balaban J connectivity index is 1.73. The molecule has 3 nitrogen and oxygen atoms in total. The Kier molecular flexibility index (Phi) is 2.34. The van der Waals surface area contributed by atoms with Crippen molar-refractivity contribution in [3.05, 3.63) is 72.8 Å². The highest BCUT2D eigenvalue weighted by molar-refractivity contribution is 5.96. The van der Waals surface area contributed by atoms with Crippen LogP contribution in [-0.4, -0.2) is 9.55 Å². The molecule has 2 aromatic heterocycles. The molecule has 25 heavy (non-hydrogen) atoms. The second-order valence-electron chi connectivity index (χ2n) is 6.77. The molecule has 3 aromatic carbocycles. The Morgan fingerprint density at radius 3 is 2.40 bits per heavy atom. The predicted octanol–water partition coefficient (Wildman–Crippen LogP) is 4.68. The summed E-state index contributed by atoms with van der Waals surface area (Å²) in [6.07, 6.45) is 0.210. The fourth-order valence-electron chi connectivity index (χ4n) is 4.27. The molecule has 1 aliphatic heterocycles. The molecule has 118 valence electrons. The molecule has 0 radical (unpaired) electrons. The highest BCUT2D eigenvalue weighted by atomic mass is 15.3. The maximum atomic E-state index is 4.98. The average molecular weight is 322 g/mol. The first kappa shape index (κ1) is 13.1. The van der Waals surface area contributed by atoms with Crippen LogP contribution in [0.3, 0.4) is 0 Å². The predicted molar refractivity (Wildman–Crippen MR) is 100 cm³/mol. The number of aromatic nitrogens is 3. The lowest BCUT2D eigenvalue weighted by atomic mass is 10.1. The van der Waals surface area contributed by atoms with Gasteiger partial charge in [0, 0.05) is 24.4 Å². The van der Waals surface area contributed by atoms with Crippen molar-refractivity contribution in [3.8, 4) is 11.5 Å². The van der Waals surface area contributed by atoms with Gasteiger partial charge in [0.05, 0.1) is 11.0 Å². The Hall–Kier alpha value is -3.20. The first-order chi connectivity index (χ1) is 12.3. The number of nitrogens with zero attached hydrogens (tertiary/aromatic N) is 3. The van der Waals surface area contributed by atoms with E-state index in [1.54, 1.807) is 0 Å². The van der Waals surface area contributed by atoms with Crippen LogP contribution in [0.5, 0.6) is 0 Å². The highest BCUT2D eigenvalue weighted by Crippen LogP contribution is 2.34. The summed E-state index contributed by atoms with van der Waals surface area (Å²) >= 11 is 0. The summed E-state index contributed by atoms with van der Waals surface area (Å²) in [6, 6.07) is 25.9. The van der Waals surface area contributed by atoms with Crippen LogP contribution in [0.2, 0.25) is 0 Å². The number of pyridine rings is 1. The highest BCUT2D eigenvalue weighted by Gasteiger charge is 2.37. The fourth-order valence-corrected chi connectivity index (χ4v) is 4.27. The number of rotatable bonds is 0. The van der Waals surface area contributed by atoms with Gasteiger partial charge in [0.2, 0.25) is 17.5 Å². The molecule has 0 spiro atoms. The number of benzene rings is 3. The molecule has 1 atom stereocenters. The van der Waals surface area contributed by atoms with E-state index in [2.05, 4.69) is 88.9 Å². The maximum absolute atomic E-state index is 4.98. The molecule has 0 amide bonds. The van der Waals surface area contributed by atoms with E-state index in [9.17, 15) is 0 Å². The second-order valence-corrected chi connectivity index (χ2v) is 6.77. The lowest BCUT2D eigenvalue weighted by Crippen LogP contribution is -2.39.